The molecule has 4 aromatic heterocycles. The average molecular weight is 1130 g/mol. The van der Waals surface area contributed by atoms with Crippen LogP contribution in [0.25, 0.3) is 98.4 Å². The molecule has 0 saturated heterocycles. The first kappa shape index (κ1) is 43.3. The summed E-state index contributed by atoms with van der Waals surface area (Å²) in [5.41, 5.74) is 15.6. The van der Waals surface area contributed by atoms with Crippen LogP contribution in [-0.2, 0) is 21.7 Å². The van der Waals surface area contributed by atoms with Crippen LogP contribution >= 0.6 is 0 Å². The van der Waals surface area contributed by atoms with Gasteiger partial charge in [-0.05, 0) is 128 Å². The van der Waals surface area contributed by atoms with Crippen molar-refractivity contribution in [3.63, 3.8) is 0 Å². The van der Waals surface area contributed by atoms with Gasteiger partial charge in [0.25, 0.3) is 0 Å². The van der Waals surface area contributed by atoms with E-state index in [4.69, 9.17) is 8.22 Å². The van der Waals surface area contributed by atoms with E-state index in [9.17, 15) is 5.48 Å². The predicted octanol–water partition coefficient (Wildman–Crippen LogP) is 23.5. The van der Waals surface area contributed by atoms with Crippen molar-refractivity contribution in [1.82, 2.24) is 8.80 Å². The molecule has 0 atom stereocenters. The quantitative estimate of drug-likeness (QED) is 0.151. The molecule has 11 aromatic carbocycles. The molecule has 15 aromatic rings. The fraction of sp³-hybridized carbons (Fsp3) is 0.195. The van der Waals surface area contributed by atoms with Gasteiger partial charge in [-0.25, -0.2) is 0 Å². The largest absolute Gasteiger partial charge is 0.309 e. The Hall–Kier alpha value is -9.38. The lowest BCUT2D eigenvalue weighted by molar-refractivity contribution is 0.590. The number of aromatic nitrogens is 2. The Morgan fingerprint density at radius 1 is 0.302 bits per heavy atom. The molecule has 4 heteroatoms. The van der Waals surface area contributed by atoms with Gasteiger partial charge >= 0.3 is 0 Å². The Balaban J connectivity index is 1.07. The minimum Gasteiger partial charge on any atom is -0.309 e. The summed E-state index contributed by atoms with van der Waals surface area (Å²) in [6.45, 7) is 26.7. The van der Waals surface area contributed by atoms with Gasteiger partial charge in [0.05, 0.1) is 69.6 Å². The first-order valence-electron chi connectivity index (χ1n) is 34.9. The Morgan fingerprint density at radius 2 is 0.663 bits per heavy atom. The van der Waals surface area contributed by atoms with Gasteiger partial charge in [-0.2, -0.15) is 0 Å². The van der Waals surface area contributed by atoms with E-state index in [1.54, 1.807) is 0 Å². The zero-order valence-electron chi connectivity index (χ0n) is 61.0. The molecule has 0 amide bonds. The summed E-state index contributed by atoms with van der Waals surface area (Å²) in [4.78, 5) is 4.53. The second-order valence-electron chi connectivity index (χ2n) is 27.5. The minimum absolute atomic E-state index is 0.126. The summed E-state index contributed by atoms with van der Waals surface area (Å²) in [6, 6.07) is 56.1. The normalized spacial score (nSPS) is 14.5. The fourth-order valence-corrected chi connectivity index (χ4v) is 13.8. The SMILES string of the molecule is [2H]c1c([2H])c([2H])c(-c2ccccc2N(c2ccccc2C(C)(C)C)c2ccc3c4cc5c(cc4n4c6ccc(C(C)(C)C)cc6c2c34)c2ccc(N(c3ccccc3-c3c([2H])c([2H])c([2H])c([2H])c3[2H])c3ccccc3C(C)(C)C)c3c4cc(C(C)(C)C)ccc4n5c23)c([2H])c1[2H]. The molecule has 0 aliphatic heterocycles. The second kappa shape index (κ2) is 19.1. The maximum atomic E-state index is 9.37. The van der Waals surface area contributed by atoms with Gasteiger partial charge in [0.2, 0.25) is 0 Å². The molecule has 0 radical (unpaired) electrons. The van der Waals surface area contributed by atoms with Crippen LogP contribution < -0.4 is 9.80 Å². The highest BCUT2D eigenvalue weighted by molar-refractivity contribution is 6.32. The summed E-state index contributed by atoms with van der Waals surface area (Å²) < 4.78 is 95.1. The van der Waals surface area contributed by atoms with Gasteiger partial charge in [-0.1, -0.05) is 241 Å². The lowest BCUT2D eigenvalue weighted by atomic mass is 9.84. The fourth-order valence-electron chi connectivity index (χ4n) is 13.8. The molecule has 0 aliphatic rings. The summed E-state index contributed by atoms with van der Waals surface area (Å²) in [5.74, 6) is 0. The third-order valence-corrected chi connectivity index (χ3v) is 17.9. The smallest absolute Gasteiger partial charge is 0.0641 e. The molecular weight excluding hydrogens is 1040 g/mol. The van der Waals surface area contributed by atoms with Crippen LogP contribution in [0.3, 0.4) is 0 Å². The van der Waals surface area contributed by atoms with Crippen LogP contribution in [-0.4, -0.2) is 8.80 Å². The lowest BCUT2D eigenvalue weighted by Crippen LogP contribution is -2.19. The van der Waals surface area contributed by atoms with Crippen molar-refractivity contribution in [2.45, 2.75) is 105 Å². The van der Waals surface area contributed by atoms with Crippen molar-refractivity contribution < 1.29 is 13.7 Å². The van der Waals surface area contributed by atoms with Gasteiger partial charge < -0.3 is 18.6 Å². The van der Waals surface area contributed by atoms with E-state index in [0.29, 0.717) is 22.5 Å². The third kappa shape index (κ3) is 8.16. The highest BCUT2D eigenvalue weighted by Crippen LogP contribution is 2.55. The first-order chi connectivity index (χ1) is 45.4. The molecule has 0 aliphatic carbocycles. The van der Waals surface area contributed by atoms with Crippen molar-refractivity contribution in [2.24, 2.45) is 0 Å². The maximum absolute atomic E-state index is 9.37. The van der Waals surface area contributed by atoms with Crippen LogP contribution in [0.15, 0.2) is 230 Å². The van der Waals surface area contributed by atoms with E-state index in [1.165, 1.54) is 11.1 Å². The topological polar surface area (TPSA) is 15.3 Å². The molecule has 0 spiro atoms. The van der Waals surface area contributed by atoms with E-state index < -0.39 is 36.3 Å². The van der Waals surface area contributed by atoms with E-state index in [0.717, 1.165) is 110 Å². The van der Waals surface area contributed by atoms with Gasteiger partial charge in [0, 0.05) is 65.6 Å². The van der Waals surface area contributed by atoms with Gasteiger partial charge in [-0.3, -0.25) is 0 Å². The number of rotatable bonds is 8. The first-order valence-corrected chi connectivity index (χ1v) is 29.9. The summed E-state index contributed by atoms with van der Waals surface area (Å²) >= 11 is 0. The number of hydrogen-bond donors (Lipinski definition) is 0. The number of nitrogens with zero attached hydrogens (tertiary/aromatic N) is 4. The number of benzene rings is 11. The van der Waals surface area contributed by atoms with E-state index in [-0.39, 0.29) is 57.0 Å². The number of fused-ring (bicyclic) bond motifs is 12. The van der Waals surface area contributed by atoms with Crippen LogP contribution in [0, 0.1) is 0 Å². The average Bonchev–Trinajstić information content (AvgIpc) is 1.51. The Morgan fingerprint density at radius 3 is 1.03 bits per heavy atom. The van der Waals surface area contributed by atoms with Crippen molar-refractivity contribution in [2.75, 3.05) is 9.80 Å². The Labute approximate surface area is 519 Å². The lowest BCUT2D eigenvalue weighted by Gasteiger charge is -2.33. The maximum Gasteiger partial charge on any atom is 0.0641 e. The molecule has 86 heavy (non-hydrogen) atoms. The van der Waals surface area contributed by atoms with Crippen molar-refractivity contribution in [3.8, 4) is 22.3 Å². The van der Waals surface area contributed by atoms with Crippen LogP contribution in [0.5, 0.6) is 0 Å². The molecule has 0 bridgehead atoms. The van der Waals surface area contributed by atoms with Gasteiger partial charge in [0.1, 0.15) is 0 Å². The van der Waals surface area contributed by atoms with E-state index in [1.807, 2.05) is 60.7 Å². The van der Waals surface area contributed by atoms with Gasteiger partial charge in [-0.15, -0.1) is 0 Å². The van der Waals surface area contributed by atoms with Gasteiger partial charge in [0.15, 0.2) is 0 Å². The molecule has 15 rings (SSSR count). The van der Waals surface area contributed by atoms with Crippen LogP contribution in [0.4, 0.5) is 34.1 Å². The molecule has 422 valence electrons. The zero-order valence-corrected chi connectivity index (χ0v) is 51.0. The highest BCUT2D eigenvalue weighted by Gasteiger charge is 2.33. The van der Waals surface area contributed by atoms with E-state index in [2.05, 4.69) is 211 Å². The van der Waals surface area contributed by atoms with Crippen molar-refractivity contribution in [3.05, 3.63) is 253 Å². The Kier molecular flexibility index (Phi) is 9.59. The van der Waals surface area contributed by atoms with E-state index >= 15 is 0 Å². The van der Waals surface area contributed by atoms with Crippen molar-refractivity contribution >= 4 is 110 Å². The molecule has 0 fully saturated rings. The number of hydrogen-bond acceptors (Lipinski definition) is 2. The molecule has 4 heterocycles. The van der Waals surface area contributed by atoms with Crippen LogP contribution in [0.2, 0.25) is 0 Å². The summed E-state index contributed by atoms with van der Waals surface area (Å²) in [6.07, 6.45) is 0. The summed E-state index contributed by atoms with van der Waals surface area (Å²) in [5, 5.41) is 8.36. The van der Waals surface area contributed by atoms with Crippen molar-refractivity contribution in [1.29, 1.82) is 0 Å². The third-order valence-electron chi connectivity index (χ3n) is 17.9. The number of anilines is 6. The molecule has 0 unspecified atom stereocenters. The van der Waals surface area contributed by atoms with Crippen LogP contribution in [0.1, 0.15) is 119 Å². The molecular formula is C82H74N4. The highest BCUT2D eigenvalue weighted by atomic mass is 15.2. The molecule has 4 nitrogen and oxygen atoms in total. The standard InChI is InChI=1S/C82H74N4/c1-79(2,3)53-39-43-67-61(47-53)75-71(83(69-37-25-21-33-63(69)81(7,8)9)65-35-23-19-31-55(65)51-27-15-13-16-28-51)45-41-57-59-50-74-60(49-73(59)85(67)77(57)75)58-42-46-72(76-62-48-54(80(4,5)6)40-44-68(62)86(74)78(58)76)84(70-38-26-22-34-64(70)82(10,11)12)66-36-24-20-32-56(66)52-29-17-14-18-30-52/h13-50H,1-12H3/i13D,14D,15D,16D,17D,18D,27D,28D,29D,30D. The number of para-hydroxylation sites is 4. The Bertz CT molecular complexity index is 5380. The monoisotopic (exact) mass is 1120 g/mol. The second-order valence-corrected chi connectivity index (χ2v) is 27.5. The summed E-state index contributed by atoms with van der Waals surface area (Å²) in [7, 11) is 0. The minimum atomic E-state index is -0.443. The zero-order chi connectivity index (χ0) is 68.0. The predicted molar refractivity (Wildman–Crippen MR) is 371 cm³/mol. The molecule has 0 saturated carbocycles. The molecule has 0 N–H and O–H groups in total.